The molecule has 0 radical (unpaired) electrons. The summed E-state index contributed by atoms with van der Waals surface area (Å²) in [5.74, 6) is -0.367. The average Bonchev–Trinajstić information content (AvgIpc) is 3.03. The van der Waals surface area contributed by atoms with E-state index in [9.17, 15) is 18.0 Å². The predicted molar refractivity (Wildman–Crippen MR) is 176 cm³/mol. The van der Waals surface area contributed by atoms with Gasteiger partial charge < -0.3 is 15.0 Å². The van der Waals surface area contributed by atoms with E-state index in [0.717, 1.165) is 15.4 Å². The zero-order valence-corrected chi connectivity index (χ0v) is 27.5. The molecule has 0 fully saturated rings. The fourth-order valence-electron chi connectivity index (χ4n) is 4.64. The lowest BCUT2D eigenvalue weighted by atomic mass is 10.0. The molecule has 4 rings (SSSR count). The number of likely N-dealkylation sites (N-methyl/N-ethyl adjacent to an activating group) is 1. The summed E-state index contributed by atoms with van der Waals surface area (Å²) in [5.41, 5.74) is 1.85. The van der Waals surface area contributed by atoms with Crippen molar-refractivity contribution in [3.05, 3.63) is 124 Å². The second-order valence-electron chi connectivity index (χ2n) is 9.86. The van der Waals surface area contributed by atoms with Crippen LogP contribution in [0.1, 0.15) is 18.1 Å². The lowest BCUT2D eigenvalue weighted by Gasteiger charge is -2.33. The van der Waals surface area contributed by atoms with Crippen LogP contribution in [0.2, 0.25) is 5.02 Å². The maximum atomic E-state index is 14.3. The van der Waals surface area contributed by atoms with Crippen LogP contribution < -0.4 is 14.4 Å². The van der Waals surface area contributed by atoms with E-state index in [1.165, 1.54) is 24.1 Å². The van der Waals surface area contributed by atoms with Gasteiger partial charge in [0.1, 0.15) is 18.3 Å². The lowest BCUT2D eigenvalue weighted by molar-refractivity contribution is -0.139. The third-order valence-corrected chi connectivity index (χ3v) is 9.47. The normalized spacial score (nSPS) is 11.8. The Kier molecular flexibility index (Phi) is 11.4. The van der Waals surface area contributed by atoms with Gasteiger partial charge in [-0.25, -0.2) is 8.42 Å². The quantitative estimate of drug-likeness (QED) is 0.183. The van der Waals surface area contributed by atoms with E-state index in [4.69, 9.17) is 16.3 Å². The van der Waals surface area contributed by atoms with Crippen molar-refractivity contribution in [3.8, 4) is 5.75 Å². The predicted octanol–water partition coefficient (Wildman–Crippen LogP) is 6.08. The summed E-state index contributed by atoms with van der Waals surface area (Å²) in [5, 5.41) is 3.20. The number of carbonyl (C=O) groups excluding carboxylic acids is 2. The first-order chi connectivity index (χ1) is 21.1. The highest BCUT2D eigenvalue weighted by atomic mass is 79.9. The molecule has 1 N–H and O–H groups in total. The minimum atomic E-state index is -4.21. The van der Waals surface area contributed by atoms with Gasteiger partial charge in [-0.2, -0.15) is 0 Å². The van der Waals surface area contributed by atoms with Gasteiger partial charge in [-0.1, -0.05) is 70.0 Å². The minimum absolute atomic E-state index is 0.0128. The van der Waals surface area contributed by atoms with Crippen molar-refractivity contribution >= 4 is 55.1 Å². The van der Waals surface area contributed by atoms with Crippen molar-refractivity contribution in [2.24, 2.45) is 0 Å². The number of rotatable bonds is 13. The molecule has 0 saturated carbocycles. The Morgan fingerprint density at radius 1 is 0.886 bits per heavy atom. The Labute approximate surface area is 271 Å². The highest BCUT2D eigenvalue weighted by molar-refractivity contribution is 9.10. The number of nitrogens with one attached hydrogen (secondary N) is 1. The Balaban J connectivity index is 1.78. The van der Waals surface area contributed by atoms with Gasteiger partial charge in [0.2, 0.25) is 11.8 Å². The molecule has 0 bridgehead atoms. The molecule has 8 nitrogen and oxygen atoms in total. The molecule has 0 unspecified atom stereocenters. The lowest BCUT2D eigenvalue weighted by Crippen LogP contribution is -2.53. The molecule has 44 heavy (non-hydrogen) atoms. The van der Waals surface area contributed by atoms with Crippen molar-refractivity contribution in [1.29, 1.82) is 0 Å². The maximum absolute atomic E-state index is 14.3. The number of sulfonamides is 1. The monoisotopic (exact) mass is 697 g/mol. The van der Waals surface area contributed by atoms with Crippen LogP contribution in [0.25, 0.3) is 0 Å². The van der Waals surface area contributed by atoms with Crippen molar-refractivity contribution < 1.29 is 22.7 Å². The molecule has 4 aromatic carbocycles. The molecule has 230 valence electrons. The third-order valence-electron chi connectivity index (χ3n) is 6.90. The average molecular weight is 699 g/mol. The molecule has 0 saturated heterocycles. The van der Waals surface area contributed by atoms with E-state index in [1.807, 2.05) is 37.3 Å². The number of anilines is 1. The molecular weight excluding hydrogens is 666 g/mol. The molecule has 0 aromatic heterocycles. The van der Waals surface area contributed by atoms with E-state index < -0.39 is 28.5 Å². The Hall–Kier alpha value is -3.86. The molecule has 0 heterocycles. The summed E-state index contributed by atoms with van der Waals surface area (Å²) in [7, 11) is -2.70. The second-order valence-corrected chi connectivity index (χ2v) is 13.1. The first-order valence-corrected chi connectivity index (χ1v) is 16.5. The van der Waals surface area contributed by atoms with Crippen LogP contribution in [-0.2, 0) is 32.6 Å². The molecule has 1 atom stereocenters. The maximum Gasteiger partial charge on any atom is 0.264 e. The number of amides is 2. The fourth-order valence-corrected chi connectivity index (χ4v) is 6.45. The van der Waals surface area contributed by atoms with Crippen LogP contribution in [0.4, 0.5) is 5.69 Å². The summed E-state index contributed by atoms with van der Waals surface area (Å²) in [4.78, 5) is 29.1. The van der Waals surface area contributed by atoms with Gasteiger partial charge in [0.25, 0.3) is 10.0 Å². The number of carbonyl (C=O) groups is 2. The number of hydrogen-bond donors (Lipinski definition) is 1. The molecule has 4 aromatic rings. The third kappa shape index (κ3) is 8.40. The number of ether oxygens (including phenoxy) is 1. The Morgan fingerprint density at radius 2 is 1.52 bits per heavy atom. The molecule has 0 aliphatic rings. The van der Waals surface area contributed by atoms with Crippen LogP contribution >= 0.6 is 27.5 Å². The standard InChI is InChI=1S/C33H33BrClN3O5S/c1-3-43-29-17-15-28(16-18-29)38(44(41,42)30-19-11-26(34)12-20-30)23-32(39)37(22-25-9-13-27(35)14-10-25)31(33(40)36-2)21-24-7-5-4-6-8-24/h4-20,31H,3,21-23H2,1-2H3,(H,36,40)/t31-/m1/s1. The van der Waals surface area contributed by atoms with E-state index in [0.29, 0.717) is 21.9 Å². The first kappa shape index (κ1) is 33.0. The van der Waals surface area contributed by atoms with E-state index in [-0.39, 0.29) is 29.5 Å². The van der Waals surface area contributed by atoms with Gasteiger partial charge >= 0.3 is 0 Å². The molecular formula is C33H33BrClN3O5S. The Bertz CT molecular complexity index is 1650. The molecule has 2 amide bonds. The van der Waals surface area contributed by atoms with Crippen molar-refractivity contribution in [2.45, 2.75) is 30.8 Å². The van der Waals surface area contributed by atoms with Crippen molar-refractivity contribution in [3.63, 3.8) is 0 Å². The summed E-state index contributed by atoms with van der Waals surface area (Å²) in [6, 6.07) is 28.1. The van der Waals surface area contributed by atoms with E-state index in [2.05, 4.69) is 21.2 Å². The van der Waals surface area contributed by atoms with Crippen LogP contribution in [0.5, 0.6) is 5.75 Å². The summed E-state index contributed by atoms with van der Waals surface area (Å²) < 4.78 is 35.5. The molecule has 11 heteroatoms. The largest absolute Gasteiger partial charge is 0.494 e. The summed E-state index contributed by atoms with van der Waals surface area (Å²) in [6.07, 6.45) is 0.225. The minimum Gasteiger partial charge on any atom is -0.494 e. The molecule has 0 spiro atoms. The topological polar surface area (TPSA) is 96.0 Å². The number of benzene rings is 4. The summed E-state index contributed by atoms with van der Waals surface area (Å²) in [6.45, 7) is 1.80. The van der Waals surface area contributed by atoms with Gasteiger partial charge in [-0.3, -0.25) is 13.9 Å². The molecule has 0 aliphatic carbocycles. The van der Waals surface area contributed by atoms with Crippen molar-refractivity contribution in [1.82, 2.24) is 10.2 Å². The van der Waals surface area contributed by atoms with Crippen LogP contribution in [0.15, 0.2) is 112 Å². The highest BCUT2D eigenvalue weighted by Gasteiger charge is 2.34. The fraction of sp³-hybridized carbons (Fsp3) is 0.212. The molecule has 0 aliphatic heterocycles. The zero-order valence-electron chi connectivity index (χ0n) is 24.3. The van der Waals surface area contributed by atoms with Crippen molar-refractivity contribution in [2.75, 3.05) is 24.5 Å². The van der Waals surface area contributed by atoms with Crippen LogP contribution in [-0.4, -0.2) is 51.4 Å². The number of nitrogens with zero attached hydrogens (tertiary/aromatic N) is 2. The van der Waals surface area contributed by atoms with Crippen LogP contribution in [0.3, 0.4) is 0 Å². The van der Waals surface area contributed by atoms with Gasteiger partial charge in [0, 0.05) is 29.5 Å². The smallest absolute Gasteiger partial charge is 0.264 e. The van der Waals surface area contributed by atoms with Gasteiger partial charge in [0.15, 0.2) is 0 Å². The van der Waals surface area contributed by atoms with Gasteiger partial charge in [0.05, 0.1) is 17.2 Å². The number of hydrogen-bond acceptors (Lipinski definition) is 5. The highest BCUT2D eigenvalue weighted by Crippen LogP contribution is 2.28. The van der Waals surface area contributed by atoms with E-state index >= 15 is 0 Å². The second kappa shape index (κ2) is 15.2. The first-order valence-electron chi connectivity index (χ1n) is 13.9. The van der Waals surface area contributed by atoms with Crippen LogP contribution in [0, 0.1) is 0 Å². The van der Waals surface area contributed by atoms with Gasteiger partial charge in [-0.15, -0.1) is 0 Å². The summed E-state index contributed by atoms with van der Waals surface area (Å²) >= 11 is 9.46. The zero-order chi connectivity index (χ0) is 31.7. The van der Waals surface area contributed by atoms with Gasteiger partial charge in [-0.05, 0) is 78.7 Å². The SMILES string of the molecule is CCOc1ccc(N(CC(=O)N(Cc2ccc(Cl)cc2)[C@H](Cc2ccccc2)C(=O)NC)S(=O)(=O)c2ccc(Br)cc2)cc1. The number of halogens is 2. The Morgan fingerprint density at radius 3 is 2.11 bits per heavy atom. The van der Waals surface area contributed by atoms with E-state index in [1.54, 1.807) is 60.7 Å².